The van der Waals surface area contributed by atoms with Crippen LogP contribution in [0.3, 0.4) is 0 Å². The summed E-state index contributed by atoms with van der Waals surface area (Å²) in [7, 11) is 0. The number of carbonyl (C=O) groups excluding carboxylic acids is 1. The number of rotatable bonds is 2. The summed E-state index contributed by atoms with van der Waals surface area (Å²) in [4.78, 5) is 33.8. The van der Waals surface area contributed by atoms with Crippen molar-refractivity contribution < 1.29 is 9.90 Å². The molecule has 1 aromatic carbocycles. The standard InChI is InChI=1S/C18H22N4O3/c23-11-18-7-3-8-19-14(18)6-9-22(10-18)17(25)15-20-13-5-2-1-4-12(13)16(24)21-15/h1-2,4-5,14,19,23H,3,6-11H2,(H,20,21,24)/t14-,18-/m1/s1. The van der Waals surface area contributed by atoms with Gasteiger partial charge in [0.05, 0.1) is 17.5 Å². The third kappa shape index (κ3) is 2.73. The minimum absolute atomic E-state index is 0.0517. The second-order valence-electron chi connectivity index (χ2n) is 7.08. The lowest BCUT2D eigenvalue weighted by Gasteiger charge is -2.50. The van der Waals surface area contributed by atoms with Gasteiger partial charge in [-0.05, 0) is 37.9 Å². The number of aromatic amines is 1. The van der Waals surface area contributed by atoms with E-state index >= 15 is 0 Å². The molecule has 2 aliphatic heterocycles. The van der Waals surface area contributed by atoms with Crippen molar-refractivity contribution in [2.45, 2.75) is 25.3 Å². The second kappa shape index (κ2) is 6.24. The fourth-order valence-electron chi connectivity index (χ4n) is 4.20. The van der Waals surface area contributed by atoms with Gasteiger partial charge in [-0.1, -0.05) is 12.1 Å². The monoisotopic (exact) mass is 342 g/mol. The van der Waals surface area contributed by atoms with Gasteiger partial charge in [0.1, 0.15) is 0 Å². The molecule has 1 amide bonds. The molecule has 7 heteroatoms. The van der Waals surface area contributed by atoms with E-state index in [-0.39, 0.29) is 35.4 Å². The first-order valence-electron chi connectivity index (χ1n) is 8.75. The summed E-state index contributed by atoms with van der Waals surface area (Å²) in [5, 5.41) is 13.9. The van der Waals surface area contributed by atoms with E-state index in [1.54, 1.807) is 29.2 Å². The van der Waals surface area contributed by atoms with E-state index in [1.807, 2.05) is 0 Å². The normalized spacial score (nSPS) is 26.4. The van der Waals surface area contributed by atoms with Gasteiger partial charge in [0.25, 0.3) is 11.5 Å². The summed E-state index contributed by atoms with van der Waals surface area (Å²) < 4.78 is 0. The largest absolute Gasteiger partial charge is 0.396 e. The summed E-state index contributed by atoms with van der Waals surface area (Å²) in [6, 6.07) is 7.22. The number of hydrogen-bond donors (Lipinski definition) is 3. The Kier molecular flexibility index (Phi) is 4.05. The second-order valence-corrected chi connectivity index (χ2v) is 7.08. The summed E-state index contributed by atoms with van der Waals surface area (Å²) in [5.74, 6) is -0.210. The molecule has 0 radical (unpaired) electrons. The maximum Gasteiger partial charge on any atom is 0.289 e. The Bertz CT molecular complexity index is 865. The number of H-pyrrole nitrogens is 1. The van der Waals surface area contributed by atoms with E-state index in [9.17, 15) is 14.7 Å². The Labute approximate surface area is 145 Å². The van der Waals surface area contributed by atoms with Gasteiger partial charge in [0, 0.05) is 24.5 Å². The molecule has 2 aromatic rings. The number of hydrogen-bond acceptors (Lipinski definition) is 5. The Balaban J connectivity index is 1.64. The van der Waals surface area contributed by atoms with Crippen LogP contribution < -0.4 is 10.9 Å². The molecular formula is C18H22N4O3. The number of likely N-dealkylation sites (tertiary alicyclic amines) is 1. The topological polar surface area (TPSA) is 98.3 Å². The molecule has 25 heavy (non-hydrogen) atoms. The number of fused-ring (bicyclic) bond motifs is 2. The van der Waals surface area contributed by atoms with Gasteiger partial charge in [0.2, 0.25) is 0 Å². The summed E-state index contributed by atoms with van der Waals surface area (Å²) in [6.07, 6.45) is 2.68. The highest BCUT2D eigenvalue weighted by atomic mass is 16.3. The zero-order valence-electron chi connectivity index (χ0n) is 14.0. The van der Waals surface area contributed by atoms with Crippen LogP contribution in [0.5, 0.6) is 0 Å². The fraction of sp³-hybridized carbons (Fsp3) is 0.500. The molecule has 2 aliphatic rings. The van der Waals surface area contributed by atoms with Crippen molar-refractivity contribution in [3.05, 3.63) is 40.4 Å². The van der Waals surface area contributed by atoms with E-state index in [1.165, 1.54) is 0 Å². The summed E-state index contributed by atoms with van der Waals surface area (Å²) in [5.41, 5.74) is -0.0933. The van der Waals surface area contributed by atoms with Crippen molar-refractivity contribution in [3.8, 4) is 0 Å². The predicted molar refractivity (Wildman–Crippen MR) is 93.4 cm³/mol. The third-order valence-corrected chi connectivity index (χ3v) is 5.59. The lowest BCUT2D eigenvalue weighted by atomic mass is 9.71. The average Bonchev–Trinajstić information content (AvgIpc) is 2.67. The highest BCUT2D eigenvalue weighted by molar-refractivity contribution is 5.92. The van der Waals surface area contributed by atoms with E-state index in [2.05, 4.69) is 15.3 Å². The molecule has 0 unspecified atom stereocenters. The Morgan fingerprint density at radius 3 is 3.08 bits per heavy atom. The zero-order valence-corrected chi connectivity index (χ0v) is 14.0. The minimum atomic E-state index is -0.306. The van der Waals surface area contributed by atoms with Crippen LogP contribution in [0, 0.1) is 5.41 Å². The molecule has 0 spiro atoms. The average molecular weight is 342 g/mol. The number of nitrogens with zero attached hydrogens (tertiary/aromatic N) is 2. The molecular weight excluding hydrogens is 320 g/mol. The van der Waals surface area contributed by atoms with E-state index in [0.717, 1.165) is 25.8 Å². The van der Waals surface area contributed by atoms with Crippen LogP contribution in [-0.2, 0) is 0 Å². The van der Waals surface area contributed by atoms with Crippen LogP contribution in [0.4, 0.5) is 0 Å². The van der Waals surface area contributed by atoms with Crippen LogP contribution in [0.1, 0.15) is 29.9 Å². The Morgan fingerprint density at radius 2 is 2.24 bits per heavy atom. The molecule has 0 aliphatic carbocycles. The van der Waals surface area contributed by atoms with Gasteiger partial charge >= 0.3 is 0 Å². The maximum atomic E-state index is 12.9. The van der Waals surface area contributed by atoms with Gasteiger partial charge in [-0.15, -0.1) is 0 Å². The van der Waals surface area contributed by atoms with E-state index in [4.69, 9.17) is 0 Å². The molecule has 4 rings (SSSR count). The molecule has 0 bridgehead atoms. The number of nitrogens with one attached hydrogen (secondary N) is 2. The van der Waals surface area contributed by atoms with Crippen molar-refractivity contribution in [2.24, 2.45) is 5.41 Å². The lowest BCUT2D eigenvalue weighted by molar-refractivity contribution is -0.0141. The van der Waals surface area contributed by atoms with Crippen LogP contribution >= 0.6 is 0 Å². The molecule has 2 fully saturated rings. The van der Waals surface area contributed by atoms with Crippen LogP contribution in [0.25, 0.3) is 10.9 Å². The molecule has 132 valence electrons. The van der Waals surface area contributed by atoms with E-state index in [0.29, 0.717) is 24.0 Å². The van der Waals surface area contributed by atoms with Crippen LogP contribution in [0.2, 0.25) is 0 Å². The first-order valence-corrected chi connectivity index (χ1v) is 8.75. The van der Waals surface area contributed by atoms with Crippen LogP contribution in [0.15, 0.2) is 29.1 Å². The predicted octanol–water partition coefficient (Wildman–Crippen LogP) is 0.500. The molecule has 0 saturated carbocycles. The summed E-state index contributed by atoms with van der Waals surface area (Å²) in [6.45, 7) is 2.08. The molecule has 2 saturated heterocycles. The van der Waals surface area contributed by atoms with Crippen molar-refractivity contribution in [1.29, 1.82) is 0 Å². The number of aliphatic hydroxyl groups excluding tert-OH is 1. The maximum absolute atomic E-state index is 12.9. The lowest BCUT2D eigenvalue weighted by Crippen LogP contribution is -2.62. The van der Waals surface area contributed by atoms with Crippen molar-refractivity contribution in [2.75, 3.05) is 26.2 Å². The number of carbonyl (C=O) groups is 1. The fourth-order valence-corrected chi connectivity index (χ4v) is 4.20. The smallest absolute Gasteiger partial charge is 0.289 e. The number of aliphatic hydroxyl groups is 1. The number of amides is 1. The quantitative estimate of drug-likeness (QED) is 0.738. The first-order chi connectivity index (χ1) is 12.1. The molecule has 2 atom stereocenters. The van der Waals surface area contributed by atoms with E-state index < -0.39 is 0 Å². The number of piperidine rings is 2. The molecule has 7 nitrogen and oxygen atoms in total. The van der Waals surface area contributed by atoms with Gasteiger partial charge in [-0.2, -0.15) is 0 Å². The molecule has 3 heterocycles. The zero-order chi connectivity index (χ0) is 17.4. The van der Waals surface area contributed by atoms with Crippen LogP contribution in [-0.4, -0.2) is 58.2 Å². The van der Waals surface area contributed by atoms with Crippen molar-refractivity contribution >= 4 is 16.8 Å². The Morgan fingerprint density at radius 1 is 1.40 bits per heavy atom. The third-order valence-electron chi connectivity index (χ3n) is 5.59. The van der Waals surface area contributed by atoms with Gasteiger partial charge in [-0.3, -0.25) is 9.59 Å². The van der Waals surface area contributed by atoms with Gasteiger partial charge in [-0.25, -0.2) is 4.98 Å². The number of para-hydroxylation sites is 1. The SMILES string of the molecule is O=C(c1nc2ccccc2c(=O)[nH]1)N1CC[C@H]2NCCC[C@]2(CO)C1. The summed E-state index contributed by atoms with van der Waals surface area (Å²) >= 11 is 0. The van der Waals surface area contributed by atoms with Crippen molar-refractivity contribution in [3.63, 3.8) is 0 Å². The first kappa shape index (κ1) is 16.2. The number of benzene rings is 1. The molecule has 3 N–H and O–H groups in total. The molecule has 1 aromatic heterocycles. The van der Waals surface area contributed by atoms with Gasteiger partial charge < -0.3 is 20.3 Å². The highest BCUT2D eigenvalue weighted by Gasteiger charge is 2.45. The van der Waals surface area contributed by atoms with Crippen molar-refractivity contribution in [1.82, 2.24) is 20.2 Å². The Hall–Kier alpha value is -2.25. The number of aromatic nitrogens is 2. The van der Waals surface area contributed by atoms with Gasteiger partial charge in [0.15, 0.2) is 5.82 Å². The highest BCUT2D eigenvalue weighted by Crippen LogP contribution is 2.37. The minimum Gasteiger partial charge on any atom is -0.396 e.